The number of aryl methyl sites for hydroxylation is 1. The lowest BCUT2D eigenvalue weighted by atomic mass is 9.78. The Kier molecular flexibility index (Phi) is 6.12. The first-order valence-corrected chi connectivity index (χ1v) is 10.6. The fourth-order valence-electron chi connectivity index (χ4n) is 4.47. The highest BCUT2D eigenvalue weighted by atomic mass is 19.2. The van der Waals surface area contributed by atoms with Crippen LogP contribution in [-0.4, -0.2) is 0 Å². The fourth-order valence-corrected chi connectivity index (χ4v) is 4.47. The molecule has 0 saturated heterocycles. The van der Waals surface area contributed by atoms with Crippen molar-refractivity contribution in [2.75, 3.05) is 0 Å². The second-order valence-electron chi connectivity index (χ2n) is 8.18. The Hall–Kier alpha value is -2.69. The molecular weight excluding hydrogens is 407 g/mol. The van der Waals surface area contributed by atoms with Crippen LogP contribution < -0.4 is 0 Å². The molecule has 0 radical (unpaired) electrons. The predicted molar refractivity (Wildman–Crippen MR) is 111 cm³/mol. The van der Waals surface area contributed by atoms with E-state index in [1.807, 2.05) is 6.07 Å². The van der Waals surface area contributed by atoms with Crippen molar-refractivity contribution in [2.45, 2.75) is 51.4 Å². The summed E-state index contributed by atoms with van der Waals surface area (Å²) in [7, 11) is 0. The molecule has 0 N–H and O–H groups in total. The van der Waals surface area contributed by atoms with Crippen LogP contribution in [0.3, 0.4) is 0 Å². The first kappa shape index (κ1) is 21.5. The third-order valence-electron chi connectivity index (χ3n) is 6.18. The van der Waals surface area contributed by atoms with E-state index in [2.05, 4.69) is 6.92 Å². The van der Waals surface area contributed by atoms with Crippen LogP contribution in [-0.2, 0) is 19.3 Å². The summed E-state index contributed by atoms with van der Waals surface area (Å²) in [6.45, 7) is 2.07. The lowest BCUT2D eigenvalue weighted by molar-refractivity contribution is 0.453. The average molecular weight is 430 g/mol. The zero-order valence-corrected chi connectivity index (χ0v) is 17.3. The monoisotopic (exact) mass is 430 g/mol. The maximum absolute atomic E-state index is 15.2. The van der Waals surface area contributed by atoms with Crippen molar-refractivity contribution >= 4 is 0 Å². The van der Waals surface area contributed by atoms with Gasteiger partial charge in [0.25, 0.3) is 0 Å². The summed E-state index contributed by atoms with van der Waals surface area (Å²) in [4.78, 5) is 0. The largest absolute Gasteiger partial charge is 0.207 e. The Labute approximate surface area is 178 Å². The van der Waals surface area contributed by atoms with E-state index in [4.69, 9.17) is 0 Å². The third kappa shape index (κ3) is 4.10. The van der Waals surface area contributed by atoms with Crippen molar-refractivity contribution in [3.63, 3.8) is 0 Å². The summed E-state index contributed by atoms with van der Waals surface area (Å²) in [6, 6.07) is 9.71. The summed E-state index contributed by atoms with van der Waals surface area (Å²) in [5, 5.41) is 0. The summed E-state index contributed by atoms with van der Waals surface area (Å²) in [5.74, 6) is -4.48. The minimum Gasteiger partial charge on any atom is -0.207 e. The van der Waals surface area contributed by atoms with Gasteiger partial charge in [0.1, 0.15) is 17.5 Å². The van der Waals surface area contributed by atoms with Gasteiger partial charge in [0, 0.05) is 0 Å². The van der Waals surface area contributed by atoms with Crippen molar-refractivity contribution in [1.82, 2.24) is 0 Å². The topological polar surface area (TPSA) is 0 Å². The number of unbranched alkanes of at least 4 members (excludes halogenated alkanes) is 1. The molecule has 4 rings (SSSR count). The zero-order chi connectivity index (χ0) is 22.1. The number of hydrogen-bond acceptors (Lipinski definition) is 0. The molecule has 0 nitrogen and oxygen atoms in total. The van der Waals surface area contributed by atoms with E-state index in [0.29, 0.717) is 12.0 Å². The number of rotatable bonds is 5. The Morgan fingerprint density at radius 1 is 0.839 bits per heavy atom. The minimum absolute atomic E-state index is 0.0317. The number of halogens is 5. The summed E-state index contributed by atoms with van der Waals surface area (Å²) >= 11 is 0. The molecule has 0 spiro atoms. The van der Waals surface area contributed by atoms with Gasteiger partial charge in [-0.05, 0) is 84.0 Å². The van der Waals surface area contributed by atoms with Crippen LogP contribution in [0.25, 0.3) is 11.1 Å². The highest BCUT2D eigenvalue weighted by molar-refractivity contribution is 5.67. The molecule has 0 fully saturated rings. The van der Waals surface area contributed by atoms with Crippen LogP contribution in [0.5, 0.6) is 0 Å². The average Bonchev–Trinajstić information content (AvgIpc) is 2.77. The Morgan fingerprint density at radius 2 is 1.58 bits per heavy atom. The van der Waals surface area contributed by atoms with Gasteiger partial charge in [-0.25, -0.2) is 22.0 Å². The van der Waals surface area contributed by atoms with Crippen LogP contribution in [0, 0.1) is 29.1 Å². The molecule has 3 aromatic rings. The van der Waals surface area contributed by atoms with Crippen molar-refractivity contribution in [3.8, 4) is 11.1 Å². The smallest absolute Gasteiger partial charge is 0.169 e. The van der Waals surface area contributed by atoms with E-state index in [1.165, 1.54) is 18.2 Å². The number of hydrogen-bond donors (Lipinski definition) is 0. The van der Waals surface area contributed by atoms with Crippen molar-refractivity contribution in [1.29, 1.82) is 0 Å². The lowest BCUT2D eigenvalue weighted by Gasteiger charge is -2.27. The Balaban J connectivity index is 1.68. The quantitative estimate of drug-likeness (QED) is 0.288. The highest BCUT2D eigenvalue weighted by Gasteiger charge is 2.31. The molecule has 1 aliphatic carbocycles. The molecular formula is C26H23F5. The second kappa shape index (κ2) is 8.81. The van der Waals surface area contributed by atoms with Gasteiger partial charge in [-0.2, -0.15) is 0 Å². The van der Waals surface area contributed by atoms with E-state index < -0.39 is 28.8 Å². The van der Waals surface area contributed by atoms with E-state index in [1.54, 1.807) is 6.07 Å². The lowest BCUT2D eigenvalue weighted by Crippen LogP contribution is -2.19. The SMILES string of the molecule is CCCCc1ccc(C2CCc3c(F)c(-c4ccc(F)cc4)c(F)c(F)c3C2)c(F)c1. The Bertz CT molecular complexity index is 1100. The van der Waals surface area contributed by atoms with Crippen LogP contribution in [0.1, 0.15) is 54.4 Å². The second-order valence-corrected chi connectivity index (χ2v) is 8.18. The first-order chi connectivity index (χ1) is 14.9. The van der Waals surface area contributed by atoms with Gasteiger partial charge >= 0.3 is 0 Å². The minimum atomic E-state index is -1.29. The van der Waals surface area contributed by atoms with Crippen LogP contribution in [0.4, 0.5) is 22.0 Å². The van der Waals surface area contributed by atoms with Crippen LogP contribution >= 0.6 is 0 Å². The molecule has 162 valence electrons. The van der Waals surface area contributed by atoms with Crippen molar-refractivity contribution < 1.29 is 22.0 Å². The van der Waals surface area contributed by atoms with E-state index in [0.717, 1.165) is 37.0 Å². The normalized spacial score (nSPS) is 15.7. The standard InChI is InChI=1S/C26H23F5/c1-2-3-4-15-5-11-19(22(28)13-15)17-8-12-20-21(14-17)25(30)26(31)23(24(20)29)16-6-9-18(27)10-7-16/h5-7,9-11,13,17H,2-4,8,12,14H2,1H3. The molecule has 1 unspecified atom stereocenters. The van der Waals surface area contributed by atoms with Gasteiger partial charge in [0.2, 0.25) is 0 Å². The molecule has 0 bridgehead atoms. The molecule has 0 saturated carbocycles. The fraction of sp³-hybridized carbons (Fsp3) is 0.308. The van der Waals surface area contributed by atoms with Crippen molar-refractivity contribution in [3.05, 3.63) is 93.8 Å². The van der Waals surface area contributed by atoms with Gasteiger partial charge in [-0.15, -0.1) is 0 Å². The van der Waals surface area contributed by atoms with Crippen LogP contribution in [0.2, 0.25) is 0 Å². The molecule has 5 heteroatoms. The molecule has 0 amide bonds. The third-order valence-corrected chi connectivity index (χ3v) is 6.18. The number of benzene rings is 3. The zero-order valence-electron chi connectivity index (χ0n) is 17.3. The van der Waals surface area contributed by atoms with E-state index in [-0.39, 0.29) is 41.3 Å². The van der Waals surface area contributed by atoms with E-state index in [9.17, 15) is 17.6 Å². The molecule has 1 atom stereocenters. The van der Waals surface area contributed by atoms with Crippen LogP contribution in [0.15, 0.2) is 42.5 Å². The van der Waals surface area contributed by atoms with Gasteiger partial charge in [-0.1, -0.05) is 37.6 Å². The van der Waals surface area contributed by atoms with Gasteiger partial charge in [0.05, 0.1) is 5.56 Å². The predicted octanol–water partition coefficient (Wildman–Crippen LogP) is 7.66. The maximum atomic E-state index is 15.2. The first-order valence-electron chi connectivity index (χ1n) is 10.6. The summed E-state index contributed by atoms with van der Waals surface area (Å²) in [5.41, 5.74) is 1.04. The molecule has 3 aromatic carbocycles. The molecule has 1 aliphatic rings. The number of fused-ring (bicyclic) bond motifs is 1. The van der Waals surface area contributed by atoms with Gasteiger partial charge in [-0.3, -0.25) is 0 Å². The van der Waals surface area contributed by atoms with Gasteiger partial charge < -0.3 is 0 Å². The molecule has 31 heavy (non-hydrogen) atoms. The molecule has 0 heterocycles. The molecule has 0 aliphatic heterocycles. The summed E-state index contributed by atoms with van der Waals surface area (Å²) < 4.78 is 72.9. The highest BCUT2D eigenvalue weighted by Crippen LogP contribution is 2.41. The maximum Gasteiger partial charge on any atom is 0.169 e. The van der Waals surface area contributed by atoms with Gasteiger partial charge in [0.15, 0.2) is 11.6 Å². The van der Waals surface area contributed by atoms with Crippen molar-refractivity contribution in [2.24, 2.45) is 0 Å². The molecule has 0 aromatic heterocycles. The van der Waals surface area contributed by atoms with E-state index >= 15 is 4.39 Å². The Morgan fingerprint density at radius 3 is 2.26 bits per heavy atom. The summed E-state index contributed by atoms with van der Waals surface area (Å²) in [6.07, 6.45) is 3.41.